The van der Waals surface area contributed by atoms with Gasteiger partial charge in [0.05, 0.1) is 12.1 Å². The molecule has 4 heteroatoms. The van der Waals surface area contributed by atoms with Crippen LogP contribution in [0.25, 0.3) is 0 Å². The number of hydrogen-bond acceptors (Lipinski definition) is 2. The van der Waals surface area contributed by atoms with Crippen molar-refractivity contribution in [1.29, 1.82) is 0 Å². The Labute approximate surface area is 106 Å². The van der Waals surface area contributed by atoms with Gasteiger partial charge in [-0.05, 0) is 12.5 Å². The average Bonchev–Trinajstić information content (AvgIpc) is 2.68. The van der Waals surface area contributed by atoms with E-state index in [-0.39, 0.29) is 0 Å². The molecule has 2 unspecified atom stereocenters. The topological polar surface area (TPSA) is 40.5 Å². The van der Waals surface area contributed by atoms with Gasteiger partial charge in [0.1, 0.15) is 0 Å². The molecule has 0 spiro atoms. The third-order valence-electron chi connectivity index (χ3n) is 3.86. The van der Waals surface area contributed by atoms with E-state index in [1.54, 1.807) is 6.92 Å². The summed E-state index contributed by atoms with van der Waals surface area (Å²) in [6, 6.07) is 9.85. The lowest BCUT2D eigenvalue weighted by Gasteiger charge is -2.23. The molecule has 18 heavy (non-hydrogen) atoms. The second kappa shape index (κ2) is 5.06. The molecule has 98 valence electrons. The molecule has 1 N–H and O–H groups in total. The normalized spacial score (nSPS) is 28.4. The maximum Gasteiger partial charge on any atom is 0.311 e. The Morgan fingerprint density at radius 2 is 2.17 bits per heavy atom. The minimum Gasteiger partial charge on any atom is -0.481 e. The quantitative estimate of drug-likeness (QED) is 0.891. The highest BCUT2D eigenvalue weighted by Gasteiger charge is 2.48. The fraction of sp³-hybridized carbons (Fsp3) is 0.500. The van der Waals surface area contributed by atoms with Crippen molar-refractivity contribution < 1.29 is 14.3 Å². The lowest BCUT2D eigenvalue weighted by Crippen LogP contribution is -2.36. The van der Waals surface area contributed by atoms with Crippen molar-refractivity contribution in [3.05, 3.63) is 35.9 Å². The van der Waals surface area contributed by atoms with Crippen LogP contribution < -0.4 is 0 Å². The zero-order valence-electron chi connectivity index (χ0n) is 10.5. The third kappa shape index (κ3) is 2.38. The highest BCUT2D eigenvalue weighted by molar-refractivity contribution is 5.75. The molecule has 3 nitrogen and oxygen atoms in total. The van der Waals surface area contributed by atoms with Crippen molar-refractivity contribution in [3.63, 3.8) is 0 Å². The van der Waals surface area contributed by atoms with Crippen molar-refractivity contribution >= 4 is 5.97 Å². The highest BCUT2D eigenvalue weighted by Crippen LogP contribution is 2.37. The standard InChI is InChI=1S/C14H18FNO2/c1-14(13(17)18)10-16(9-12(14)7-15)8-11-5-3-2-4-6-11/h2-6,12H,7-10H2,1H3,(H,17,18). The van der Waals surface area contributed by atoms with Gasteiger partial charge in [0.25, 0.3) is 0 Å². The Bertz CT molecular complexity index is 423. The van der Waals surface area contributed by atoms with Crippen LogP contribution in [0.15, 0.2) is 30.3 Å². The summed E-state index contributed by atoms with van der Waals surface area (Å²) in [7, 11) is 0. The molecular formula is C14H18FNO2. The van der Waals surface area contributed by atoms with Gasteiger partial charge in [0, 0.05) is 25.6 Å². The minimum absolute atomic E-state index is 0.409. The smallest absolute Gasteiger partial charge is 0.311 e. The largest absolute Gasteiger partial charge is 0.481 e. The predicted octanol–water partition coefficient (Wildman–Crippen LogP) is 2.18. The first kappa shape index (κ1) is 13.0. The molecule has 1 aromatic rings. The van der Waals surface area contributed by atoms with Crippen LogP contribution in [-0.4, -0.2) is 35.7 Å². The molecule has 1 aromatic carbocycles. The summed E-state index contributed by atoms with van der Waals surface area (Å²) in [4.78, 5) is 13.3. The second-order valence-corrected chi connectivity index (χ2v) is 5.23. The Kier molecular flexibility index (Phi) is 3.66. The van der Waals surface area contributed by atoms with E-state index in [2.05, 4.69) is 0 Å². The molecule has 1 aliphatic rings. The highest BCUT2D eigenvalue weighted by atomic mass is 19.1. The van der Waals surface area contributed by atoms with E-state index in [9.17, 15) is 14.3 Å². The fourth-order valence-corrected chi connectivity index (χ4v) is 2.59. The molecule has 0 radical (unpaired) electrons. The molecule has 2 rings (SSSR count). The van der Waals surface area contributed by atoms with Gasteiger partial charge >= 0.3 is 5.97 Å². The molecule has 1 saturated heterocycles. The molecule has 0 bridgehead atoms. The number of hydrogen-bond donors (Lipinski definition) is 1. The van der Waals surface area contributed by atoms with Crippen LogP contribution in [0.3, 0.4) is 0 Å². The molecule has 0 saturated carbocycles. The summed E-state index contributed by atoms with van der Waals surface area (Å²) in [6.07, 6.45) is 0. The molecule has 1 fully saturated rings. The lowest BCUT2D eigenvalue weighted by molar-refractivity contribution is -0.149. The SMILES string of the molecule is CC1(C(=O)O)CN(Cc2ccccc2)CC1CF. The maximum atomic E-state index is 13.0. The van der Waals surface area contributed by atoms with Crippen LogP contribution in [0.5, 0.6) is 0 Å². The Morgan fingerprint density at radius 1 is 1.50 bits per heavy atom. The summed E-state index contributed by atoms with van der Waals surface area (Å²) < 4.78 is 13.0. The Balaban J connectivity index is 2.08. The van der Waals surface area contributed by atoms with Gasteiger partial charge in [-0.25, -0.2) is 0 Å². The summed E-state index contributed by atoms with van der Waals surface area (Å²) >= 11 is 0. The van der Waals surface area contributed by atoms with Crippen molar-refractivity contribution in [2.45, 2.75) is 13.5 Å². The first-order chi connectivity index (χ1) is 8.56. The predicted molar refractivity (Wildman–Crippen MR) is 66.9 cm³/mol. The van der Waals surface area contributed by atoms with Crippen LogP contribution in [0.4, 0.5) is 4.39 Å². The van der Waals surface area contributed by atoms with Gasteiger partial charge in [-0.2, -0.15) is 0 Å². The van der Waals surface area contributed by atoms with Gasteiger partial charge < -0.3 is 5.11 Å². The van der Waals surface area contributed by atoms with Crippen LogP contribution in [0.1, 0.15) is 12.5 Å². The fourth-order valence-electron chi connectivity index (χ4n) is 2.59. The van der Waals surface area contributed by atoms with Crippen LogP contribution >= 0.6 is 0 Å². The molecule has 0 aliphatic carbocycles. The number of rotatable bonds is 4. The van der Waals surface area contributed by atoms with Crippen molar-refractivity contribution in [2.75, 3.05) is 19.8 Å². The third-order valence-corrected chi connectivity index (χ3v) is 3.86. The van der Waals surface area contributed by atoms with E-state index in [0.717, 1.165) is 5.56 Å². The van der Waals surface area contributed by atoms with Crippen LogP contribution in [-0.2, 0) is 11.3 Å². The number of benzene rings is 1. The van der Waals surface area contributed by atoms with Gasteiger partial charge in [-0.3, -0.25) is 14.1 Å². The summed E-state index contributed by atoms with van der Waals surface area (Å²) in [5.74, 6) is -1.32. The molecule has 0 aromatic heterocycles. The number of carbonyl (C=O) groups is 1. The van der Waals surface area contributed by atoms with Gasteiger partial charge in [-0.1, -0.05) is 30.3 Å². The molecule has 1 aliphatic heterocycles. The first-order valence-electron chi connectivity index (χ1n) is 6.12. The summed E-state index contributed by atoms with van der Waals surface area (Å²) in [5.41, 5.74) is 0.161. The molecule has 0 amide bonds. The van der Waals surface area contributed by atoms with Crippen LogP contribution in [0.2, 0.25) is 0 Å². The number of aliphatic carboxylic acids is 1. The van der Waals surface area contributed by atoms with Crippen LogP contribution in [0, 0.1) is 11.3 Å². The van der Waals surface area contributed by atoms with Crippen molar-refractivity contribution in [1.82, 2.24) is 4.90 Å². The first-order valence-corrected chi connectivity index (χ1v) is 6.12. The second-order valence-electron chi connectivity index (χ2n) is 5.23. The van der Waals surface area contributed by atoms with Gasteiger partial charge in [-0.15, -0.1) is 0 Å². The molecular weight excluding hydrogens is 233 g/mol. The number of alkyl halides is 1. The average molecular weight is 251 g/mol. The van der Waals surface area contributed by atoms with E-state index in [1.165, 1.54) is 0 Å². The molecule has 2 atom stereocenters. The number of likely N-dealkylation sites (tertiary alicyclic amines) is 1. The number of carboxylic acids is 1. The van der Waals surface area contributed by atoms with E-state index in [0.29, 0.717) is 19.6 Å². The van der Waals surface area contributed by atoms with Crippen molar-refractivity contribution in [3.8, 4) is 0 Å². The van der Waals surface area contributed by atoms with Crippen molar-refractivity contribution in [2.24, 2.45) is 11.3 Å². The lowest BCUT2D eigenvalue weighted by atomic mass is 9.81. The summed E-state index contributed by atoms with van der Waals surface area (Å²) in [6.45, 7) is 2.67. The monoisotopic (exact) mass is 251 g/mol. The molecule has 1 heterocycles. The number of halogens is 1. The van der Waals surface area contributed by atoms with Gasteiger partial charge in [0.2, 0.25) is 0 Å². The zero-order valence-corrected chi connectivity index (χ0v) is 10.5. The van der Waals surface area contributed by atoms with Gasteiger partial charge in [0.15, 0.2) is 0 Å². The summed E-state index contributed by atoms with van der Waals surface area (Å²) in [5, 5.41) is 9.26. The zero-order chi connectivity index (χ0) is 13.2. The maximum absolute atomic E-state index is 13.0. The van der Waals surface area contributed by atoms with E-state index < -0.39 is 24.0 Å². The van der Waals surface area contributed by atoms with E-state index >= 15 is 0 Å². The number of carboxylic acid groups (broad SMARTS) is 1. The van der Waals surface area contributed by atoms with E-state index in [4.69, 9.17) is 0 Å². The number of nitrogens with zero attached hydrogens (tertiary/aromatic N) is 1. The Hall–Kier alpha value is -1.42. The van der Waals surface area contributed by atoms with E-state index in [1.807, 2.05) is 35.2 Å². The Morgan fingerprint density at radius 3 is 2.67 bits per heavy atom. The minimum atomic E-state index is -0.969.